The molecule has 0 amide bonds. The van der Waals surface area contributed by atoms with Crippen LogP contribution in [0.25, 0.3) is 10.9 Å². The van der Waals surface area contributed by atoms with Crippen molar-refractivity contribution < 1.29 is 0 Å². The third-order valence-electron chi connectivity index (χ3n) is 3.44. The maximum atomic E-state index is 12.3. The zero-order chi connectivity index (χ0) is 16.4. The SMILES string of the molecule is CC(C)(C)c1nc2c(C#Cc3ccccc3)cncc2c(=O)[nH]1. The Hall–Kier alpha value is -2.93. The molecule has 2 aromatic heterocycles. The first-order valence-electron chi connectivity index (χ1n) is 7.41. The van der Waals surface area contributed by atoms with E-state index in [9.17, 15) is 4.79 Å². The monoisotopic (exact) mass is 303 g/mol. The van der Waals surface area contributed by atoms with E-state index >= 15 is 0 Å². The van der Waals surface area contributed by atoms with Crippen molar-refractivity contribution in [3.05, 3.63) is 70.0 Å². The molecule has 0 aliphatic heterocycles. The fourth-order valence-corrected chi connectivity index (χ4v) is 2.16. The van der Waals surface area contributed by atoms with Crippen LogP contribution in [0.5, 0.6) is 0 Å². The minimum atomic E-state index is -0.249. The number of benzene rings is 1. The molecular weight excluding hydrogens is 286 g/mol. The van der Waals surface area contributed by atoms with Crippen molar-refractivity contribution >= 4 is 10.9 Å². The molecule has 0 unspecified atom stereocenters. The van der Waals surface area contributed by atoms with Gasteiger partial charge in [-0.2, -0.15) is 0 Å². The number of aromatic amines is 1. The molecule has 4 nitrogen and oxygen atoms in total. The highest BCUT2D eigenvalue weighted by Gasteiger charge is 2.18. The Morgan fingerprint density at radius 3 is 2.48 bits per heavy atom. The average Bonchev–Trinajstić information content (AvgIpc) is 2.53. The maximum Gasteiger partial charge on any atom is 0.260 e. The van der Waals surface area contributed by atoms with E-state index in [0.717, 1.165) is 5.56 Å². The Labute approximate surface area is 134 Å². The minimum Gasteiger partial charge on any atom is -0.310 e. The van der Waals surface area contributed by atoms with Crippen molar-refractivity contribution in [1.29, 1.82) is 0 Å². The number of fused-ring (bicyclic) bond motifs is 1. The predicted molar refractivity (Wildman–Crippen MR) is 91.3 cm³/mol. The van der Waals surface area contributed by atoms with E-state index < -0.39 is 0 Å². The van der Waals surface area contributed by atoms with Crippen LogP contribution in [0.15, 0.2) is 47.5 Å². The summed E-state index contributed by atoms with van der Waals surface area (Å²) >= 11 is 0. The molecule has 0 fully saturated rings. The van der Waals surface area contributed by atoms with Crippen LogP contribution >= 0.6 is 0 Å². The predicted octanol–water partition coefficient (Wildman–Crippen LogP) is 3.02. The van der Waals surface area contributed by atoms with Crippen molar-refractivity contribution in [2.24, 2.45) is 0 Å². The van der Waals surface area contributed by atoms with Gasteiger partial charge in [0.2, 0.25) is 0 Å². The van der Waals surface area contributed by atoms with Crippen molar-refractivity contribution in [2.75, 3.05) is 0 Å². The van der Waals surface area contributed by atoms with Crippen LogP contribution in [-0.2, 0) is 5.41 Å². The molecule has 0 aliphatic carbocycles. The molecular formula is C19H17N3O. The van der Waals surface area contributed by atoms with Crippen LogP contribution in [0.1, 0.15) is 37.7 Å². The highest BCUT2D eigenvalue weighted by Crippen LogP contribution is 2.19. The lowest BCUT2D eigenvalue weighted by Gasteiger charge is -2.17. The van der Waals surface area contributed by atoms with Crippen LogP contribution in [0.3, 0.4) is 0 Å². The van der Waals surface area contributed by atoms with Gasteiger partial charge in [0.1, 0.15) is 5.82 Å². The summed E-state index contributed by atoms with van der Waals surface area (Å²) in [6, 6.07) is 9.69. The second-order valence-electron chi connectivity index (χ2n) is 6.36. The molecule has 23 heavy (non-hydrogen) atoms. The van der Waals surface area contributed by atoms with E-state index in [1.807, 2.05) is 51.1 Å². The van der Waals surface area contributed by atoms with Gasteiger partial charge in [-0.3, -0.25) is 9.78 Å². The number of hydrogen-bond acceptors (Lipinski definition) is 3. The zero-order valence-corrected chi connectivity index (χ0v) is 13.3. The topological polar surface area (TPSA) is 58.6 Å². The first-order valence-corrected chi connectivity index (χ1v) is 7.41. The lowest BCUT2D eigenvalue weighted by atomic mass is 9.95. The number of H-pyrrole nitrogens is 1. The smallest absolute Gasteiger partial charge is 0.260 e. The van der Waals surface area contributed by atoms with Crippen LogP contribution in [0, 0.1) is 11.8 Å². The van der Waals surface area contributed by atoms with Gasteiger partial charge in [0.25, 0.3) is 5.56 Å². The number of nitrogens with one attached hydrogen (secondary N) is 1. The molecule has 0 spiro atoms. The minimum absolute atomic E-state index is 0.184. The number of aromatic nitrogens is 3. The van der Waals surface area contributed by atoms with Gasteiger partial charge < -0.3 is 4.98 Å². The molecule has 0 aliphatic rings. The Morgan fingerprint density at radius 1 is 1.04 bits per heavy atom. The van der Waals surface area contributed by atoms with Gasteiger partial charge in [0.05, 0.1) is 16.5 Å². The molecule has 1 N–H and O–H groups in total. The summed E-state index contributed by atoms with van der Waals surface area (Å²) in [5, 5.41) is 0.456. The number of rotatable bonds is 0. The van der Waals surface area contributed by atoms with Gasteiger partial charge in [0.15, 0.2) is 0 Å². The first kappa shape index (κ1) is 15.0. The molecule has 1 aromatic carbocycles. The number of hydrogen-bond donors (Lipinski definition) is 1. The summed E-state index contributed by atoms with van der Waals surface area (Å²) in [7, 11) is 0. The lowest BCUT2D eigenvalue weighted by molar-refractivity contribution is 0.546. The summed E-state index contributed by atoms with van der Waals surface area (Å²) in [6.45, 7) is 6.02. The van der Waals surface area contributed by atoms with Crippen molar-refractivity contribution in [3.63, 3.8) is 0 Å². The van der Waals surface area contributed by atoms with Crippen LogP contribution in [0.4, 0.5) is 0 Å². The Kier molecular flexibility index (Phi) is 3.71. The molecule has 114 valence electrons. The molecule has 0 atom stereocenters. The Balaban J connectivity index is 2.20. The van der Waals surface area contributed by atoms with Gasteiger partial charge in [-0.15, -0.1) is 0 Å². The fourth-order valence-electron chi connectivity index (χ4n) is 2.16. The summed E-state index contributed by atoms with van der Waals surface area (Å²) in [6.07, 6.45) is 3.18. The standard InChI is InChI=1S/C19H17N3O/c1-19(2,3)18-21-16-14(10-9-13-7-5-4-6-8-13)11-20-12-15(16)17(23)22-18/h4-8,11-12H,1-3H3,(H,21,22,23). The van der Waals surface area contributed by atoms with Crippen molar-refractivity contribution in [2.45, 2.75) is 26.2 Å². The van der Waals surface area contributed by atoms with Gasteiger partial charge in [-0.1, -0.05) is 50.8 Å². The second-order valence-corrected chi connectivity index (χ2v) is 6.36. The summed E-state index contributed by atoms with van der Waals surface area (Å²) in [5.74, 6) is 6.81. The van der Waals surface area contributed by atoms with E-state index in [-0.39, 0.29) is 11.0 Å². The summed E-state index contributed by atoms with van der Waals surface area (Å²) in [5.41, 5.74) is 1.72. The normalized spacial score (nSPS) is 11.1. The quantitative estimate of drug-likeness (QED) is 0.649. The van der Waals surface area contributed by atoms with Gasteiger partial charge in [0, 0.05) is 23.4 Å². The third-order valence-corrected chi connectivity index (χ3v) is 3.44. The largest absolute Gasteiger partial charge is 0.310 e. The fraction of sp³-hybridized carbons (Fsp3) is 0.211. The first-order chi connectivity index (χ1) is 10.9. The molecule has 3 rings (SSSR count). The summed E-state index contributed by atoms with van der Waals surface area (Å²) < 4.78 is 0. The average molecular weight is 303 g/mol. The van der Waals surface area contributed by atoms with E-state index in [1.165, 1.54) is 6.20 Å². The molecule has 0 radical (unpaired) electrons. The Bertz CT molecular complexity index is 971. The molecule has 2 heterocycles. The lowest BCUT2D eigenvalue weighted by Crippen LogP contribution is -2.22. The molecule has 4 heteroatoms. The van der Waals surface area contributed by atoms with E-state index in [2.05, 4.69) is 26.8 Å². The highest BCUT2D eigenvalue weighted by molar-refractivity contribution is 5.82. The van der Waals surface area contributed by atoms with Crippen molar-refractivity contribution in [3.8, 4) is 11.8 Å². The third kappa shape index (κ3) is 3.14. The molecule has 0 saturated heterocycles. The van der Waals surface area contributed by atoms with Crippen LogP contribution < -0.4 is 5.56 Å². The molecule has 0 bridgehead atoms. The molecule has 0 saturated carbocycles. The summed E-state index contributed by atoms with van der Waals surface area (Å²) in [4.78, 5) is 23.9. The van der Waals surface area contributed by atoms with E-state index in [0.29, 0.717) is 22.3 Å². The van der Waals surface area contributed by atoms with E-state index in [4.69, 9.17) is 0 Å². The van der Waals surface area contributed by atoms with Crippen LogP contribution in [0.2, 0.25) is 0 Å². The second kappa shape index (κ2) is 5.69. The van der Waals surface area contributed by atoms with Crippen LogP contribution in [-0.4, -0.2) is 15.0 Å². The maximum absolute atomic E-state index is 12.3. The molecule has 3 aromatic rings. The number of pyridine rings is 1. The zero-order valence-electron chi connectivity index (χ0n) is 13.3. The van der Waals surface area contributed by atoms with Gasteiger partial charge in [-0.25, -0.2) is 4.98 Å². The van der Waals surface area contributed by atoms with Gasteiger partial charge >= 0.3 is 0 Å². The number of nitrogens with zero attached hydrogens (tertiary/aromatic N) is 2. The Morgan fingerprint density at radius 2 is 1.78 bits per heavy atom. The van der Waals surface area contributed by atoms with Crippen molar-refractivity contribution in [1.82, 2.24) is 15.0 Å². The van der Waals surface area contributed by atoms with E-state index in [1.54, 1.807) is 6.20 Å². The highest BCUT2D eigenvalue weighted by atomic mass is 16.1. The van der Waals surface area contributed by atoms with Gasteiger partial charge in [-0.05, 0) is 12.1 Å².